The van der Waals surface area contributed by atoms with Crippen LogP contribution in [0.15, 0.2) is 4.99 Å². The van der Waals surface area contributed by atoms with Gasteiger partial charge in [-0.25, -0.2) is 0 Å². The second-order valence-corrected chi connectivity index (χ2v) is 6.60. The molecule has 82 valence electrons. The van der Waals surface area contributed by atoms with Crippen molar-refractivity contribution in [1.82, 2.24) is 5.32 Å². The van der Waals surface area contributed by atoms with E-state index in [9.17, 15) is 0 Å². The summed E-state index contributed by atoms with van der Waals surface area (Å²) in [6.45, 7) is 13.4. The Labute approximate surface area is 92.0 Å². The fraction of sp³-hybridized carbons (Fsp3) is 0.909. The van der Waals surface area contributed by atoms with E-state index in [0.717, 1.165) is 10.9 Å². The molecule has 0 bridgehead atoms. The summed E-state index contributed by atoms with van der Waals surface area (Å²) in [4.78, 5) is 4.56. The van der Waals surface area contributed by atoms with Crippen molar-refractivity contribution in [2.45, 2.75) is 53.1 Å². The molecule has 0 saturated carbocycles. The first-order valence-electron chi connectivity index (χ1n) is 5.21. The van der Waals surface area contributed by atoms with Crippen molar-refractivity contribution in [3.63, 3.8) is 0 Å². The van der Waals surface area contributed by atoms with Gasteiger partial charge >= 0.3 is 0 Å². The number of nitrogens with zero attached hydrogens (tertiary/aromatic N) is 1. The summed E-state index contributed by atoms with van der Waals surface area (Å²) in [5.74, 6) is 1.11. The van der Waals surface area contributed by atoms with E-state index in [4.69, 9.17) is 0 Å². The van der Waals surface area contributed by atoms with Crippen LogP contribution in [-0.2, 0) is 0 Å². The van der Waals surface area contributed by atoms with Crippen molar-refractivity contribution in [2.75, 3.05) is 5.75 Å². The molecule has 1 aliphatic rings. The summed E-state index contributed by atoms with van der Waals surface area (Å²) in [5.41, 5.74) is 0.324. The molecule has 1 aliphatic heterocycles. The fourth-order valence-corrected chi connectivity index (χ4v) is 2.05. The molecule has 3 heteroatoms. The summed E-state index contributed by atoms with van der Waals surface area (Å²) >= 11 is 1.83. The Hall–Kier alpha value is -0.180. The van der Waals surface area contributed by atoms with E-state index >= 15 is 0 Å². The Morgan fingerprint density at radius 2 is 1.86 bits per heavy atom. The second-order valence-electron chi connectivity index (χ2n) is 5.59. The second kappa shape index (κ2) is 3.76. The molecule has 0 aromatic heterocycles. The Balaban J connectivity index is 2.64. The van der Waals surface area contributed by atoms with Gasteiger partial charge in [0.2, 0.25) is 0 Å². The first kappa shape index (κ1) is 11.9. The van der Waals surface area contributed by atoms with Crippen LogP contribution in [0.4, 0.5) is 0 Å². The molecule has 0 aromatic rings. The highest BCUT2D eigenvalue weighted by atomic mass is 32.2. The predicted molar refractivity (Wildman–Crippen MR) is 66.0 cm³/mol. The molecule has 1 heterocycles. The molecule has 0 saturated heterocycles. The molecular formula is C11H22N2S. The van der Waals surface area contributed by atoms with Gasteiger partial charge in [-0.3, -0.25) is 4.99 Å². The van der Waals surface area contributed by atoms with Gasteiger partial charge < -0.3 is 5.32 Å². The van der Waals surface area contributed by atoms with E-state index in [1.807, 2.05) is 11.8 Å². The van der Waals surface area contributed by atoms with Crippen molar-refractivity contribution in [2.24, 2.45) is 10.4 Å². The van der Waals surface area contributed by atoms with E-state index in [1.54, 1.807) is 0 Å². The first-order valence-corrected chi connectivity index (χ1v) is 6.20. The van der Waals surface area contributed by atoms with Crippen LogP contribution in [0.5, 0.6) is 0 Å². The Morgan fingerprint density at radius 1 is 1.29 bits per heavy atom. The molecule has 14 heavy (non-hydrogen) atoms. The summed E-state index contributed by atoms with van der Waals surface area (Å²) in [6, 6.07) is 0.471. The van der Waals surface area contributed by atoms with Crippen LogP contribution in [-0.4, -0.2) is 22.5 Å². The highest BCUT2D eigenvalue weighted by molar-refractivity contribution is 8.14. The lowest BCUT2D eigenvalue weighted by Gasteiger charge is -2.40. The van der Waals surface area contributed by atoms with E-state index in [2.05, 4.69) is 51.9 Å². The van der Waals surface area contributed by atoms with Gasteiger partial charge in [0.25, 0.3) is 0 Å². The quantitative estimate of drug-likeness (QED) is 0.726. The Kier molecular flexibility index (Phi) is 3.20. The summed E-state index contributed by atoms with van der Waals surface area (Å²) in [6.07, 6.45) is 0. The molecule has 1 atom stereocenters. The number of rotatable bonds is 1. The van der Waals surface area contributed by atoms with Crippen molar-refractivity contribution in [3.8, 4) is 0 Å². The largest absolute Gasteiger partial charge is 0.360 e. The van der Waals surface area contributed by atoms with E-state index in [0.29, 0.717) is 6.04 Å². The topological polar surface area (TPSA) is 24.4 Å². The van der Waals surface area contributed by atoms with Gasteiger partial charge in [-0.2, -0.15) is 0 Å². The molecule has 1 N–H and O–H groups in total. The summed E-state index contributed by atoms with van der Waals surface area (Å²) in [7, 11) is 0. The average molecular weight is 214 g/mol. The van der Waals surface area contributed by atoms with Crippen LogP contribution in [0.3, 0.4) is 0 Å². The minimum Gasteiger partial charge on any atom is -0.360 e. The van der Waals surface area contributed by atoms with Gasteiger partial charge in [0.1, 0.15) is 0 Å². The van der Waals surface area contributed by atoms with Gasteiger partial charge in [0, 0.05) is 11.3 Å². The molecule has 0 aromatic carbocycles. The third-order valence-corrected chi connectivity index (χ3v) is 4.22. The van der Waals surface area contributed by atoms with Crippen LogP contribution < -0.4 is 5.32 Å². The normalized spacial score (nSPS) is 23.6. The molecule has 0 radical (unpaired) electrons. The highest BCUT2D eigenvalue weighted by Gasteiger charge is 2.34. The first-order chi connectivity index (χ1) is 6.22. The van der Waals surface area contributed by atoms with Gasteiger partial charge in [-0.15, -0.1) is 0 Å². The minimum absolute atomic E-state index is 0.0862. The van der Waals surface area contributed by atoms with Crippen LogP contribution in [0.25, 0.3) is 0 Å². The lowest BCUT2D eigenvalue weighted by Crippen LogP contribution is -2.51. The SMILES string of the molecule is CC1CSC(NC(C)(C)C(C)(C)C)=N1. The van der Waals surface area contributed by atoms with Crippen LogP contribution in [0.1, 0.15) is 41.5 Å². The maximum atomic E-state index is 4.56. The van der Waals surface area contributed by atoms with Gasteiger partial charge in [-0.1, -0.05) is 32.5 Å². The van der Waals surface area contributed by atoms with Crippen molar-refractivity contribution < 1.29 is 0 Å². The third kappa shape index (κ3) is 2.66. The van der Waals surface area contributed by atoms with Crippen LogP contribution in [0, 0.1) is 5.41 Å². The predicted octanol–water partition coefficient (Wildman–Crippen LogP) is 2.89. The van der Waals surface area contributed by atoms with E-state index in [-0.39, 0.29) is 11.0 Å². The zero-order chi connectivity index (χ0) is 11.0. The van der Waals surface area contributed by atoms with Gasteiger partial charge in [0.05, 0.1) is 6.04 Å². The van der Waals surface area contributed by atoms with E-state index < -0.39 is 0 Å². The van der Waals surface area contributed by atoms with E-state index in [1.165, 1.54) is 0 Å². The molecular weight excluding hydrogens is 192 g/mol. The zero-order valence-corrected chi connectivity index (χ0v) is 11.0. The smallest absolute Gasteiger partial charge is 0.157 e. The minimum atomic E-state index is 0.0862. The molecule has 0 fully saturated rings. The molecule has 1 rings (SSSR count). The summed E-state index contributed by atoms with van der Waals surface area (Å²) < 4.78 is 0. The number of amidine groups is 1. The maximum Gasteiger partial charge on any atom is 0.157 e. The molecule has 0 spiro atoms. The average Bonchev–Trinajstić information content (AvgIpc) is 2.31. The Bertz CT molecular complexity index is 238. The third-order valence-electron chi connectivity index (χ3n) is 3.09. The number of hydrogen-bond acceptors (Lipinski definition) is 3. The number of aliphatic imine (C=N–C) groups is 1. The van der Waals surface area contributed by atoms with Crippen molar-refractivity contribution in [1.29, 1.82) is 0 Å². The lowest BCUT2D eigenvalue weighted by molar-refractivity contribution is 0.205. The van der Waals surface area contributed by atoms with Crippen molar-refractivity contribution >= 4 is 16.9 Å². The zero-order valence-electron chi connectivity index (χ0n) is 10.1. The van der Waals surface area contributed by atoms with Crippen LogP contribution in [0.2, 0.25) is 0 Å². The lowest BCUT2D eigenvalue weighted by atomic mass is 9.76. The van der Waals surface area contributed by atoms with Gasteiger partial charge in [0.15, 0.2) is 5.17 Å². The monoisotopic (exact) mass is 214 g/mol. The highest BCUT2D eigenvalue weighted by Crippen LogP contribution is 2.31. The van der Waals surface area contributed by atoms with Crippen molar-refractivity contribution in [3.05, 3.63) is 0 Å². The number of thioether (sulfide) groups is 1. The van der Waals surface area contributed by atoms with Crippen LogP contribution >= 0.6 is 11.8 Å². The molecule has 0 amide bonds. The number of hydrogen-bond donors (Lipinski definition) is 1. The molecule has 0 aliphatic carbocycles. The maximum absolute atomic E-state index is 4.56. The fourth-order valence-electron chi connectivity index (χ4n) is 0.997. The molecule has 1 unspecified atom stereocenters. The standard InChI is InChI=1S/C11H22N2S/c1-8-7-14-9(12-8)13-11(5,6)10(2,3)4/h8H,7H2,1-6H3,(H,12,13). The molecule has 2 nitrogen and oxygen atoms in total. The van der Waals surface area contributed by atoms with Gasteiger partial charge in [-0.05, 0) is 26.2 Å². The number of nitrogens with one attached hydrogen (secondary N) is 1. The Morgan fingerprint density at radius 3 is 2.21 bits per heavy atom. The summed E-state index contributed by atoms with van der Waals surface area (Å²) in [5, 5.41) is 4.65.